The highest BCUT2D eigenvalue weighted by molar-refractivity contribution is 5.90. The molecule has 0 saturated heterocycles. The van der Waals surface area contributed by atoms with Gasteiger partial charge in [0.1, 0.15) is 0 Å². The predicted molar refractivity (Wildman–Crippen MR) is 110 cm³/mol. The van der Waals surface area contributed by atoms with Gasteiger partial charge in [-0.05, 0) is 82.0 Å². The molecule has 0 N–H and O–H groups in total. The van der Waals surface area contributed by atoms with Gasteiger partial charge in [0.25, 0.3) is 0 Å². The van der Waals surface area contributed by atoms with Crippen molar-refractivity contribution in [3.63, 3.8) is 0 Å². The minimum Gasteiger partial charge on any atom is -0.363 e. The van der Waals surface area contributed by atoms with Gasteiger partial charge in [0.15, 0.2) is 0 Å². The van der Waals surface area contributed by atoms with Gasteiger partial charge in [-0.3, -0.25) is 4.99 Å². The van der Waals surface area contributed by atoms with Crippen LogP contribution in [-0.4, -0.2) is 18.3 Å². The molecule has 0 bridgehead atoms. The first-order valence-electron chi connectivity index (χ1n) is 9.05. The Balaban J connectivity index is 2.05. The second-order valence-electron chi connectivity index (χ2n) is 7.50. The maximum Gasteiger partial charge on any atom is 0.0659 e. The summed E-state index contributed by atoms with van der Waals surface area (Å²) in [6, 6.07) is 12.8. The molecule has 0 aliphatic carbocycles. The van der Waals surface area contributed by atoms with Crippen LogP contribution < -0.4 is 4.90 Å². The minimum absolute atomic E-state index is 0.0506. The van der Waals surface area contributed by atoms with Crippen LogP contribution in [0.4, 0.5) is 11.4 Å². The van der Waals surface area contributed by atoms with Crippen molar-refractivity contribution in [1.29, 1.82) is 0 Å². The van der Waals surface area contributed by atoms with Gasteiger partial charge in [-0.25, -0.2) is 0 Å². The molecule has 0 amide bonds. The molecule has 2 aromatic carbocycles. The topological polar surface area (TPSA) is 15.6 Å². The Bertz CT molecular complexity index is 856. The zero-order valence-electron chi connectivity index (χ0n) is 16.2. The summed E-state index contributed by atoms with van der Waals surface area (Å²) < 4.78 is 0. The summed E-state index contributed by atoms with van der Waals surface area (Å²) in [5.74, 6) is 0. The third kappa shape index (κ3) is 3.26. The van der Waals surface area contributed by atoms with Crippen LogP contribution in [0.5, 0.6) is 0 Å². The molecule has 0 fully saturated rings. The SMILES string of the molecule is CCN1c2cc(C)c(C=Nc3ccccc3C)cc2C(C)=CC1(C)C. The maximum atomic E-state index is 4.72. The van der Waals surface area contributed by atoms with Gasteiger partial charge >= 0.3 is 0 Å². The summed E-state index contributed by atoms with van der Waals surface area (Å²) in [4.78, 5) is 7.20. The Morgan fingerprint density at radius 3 is 2.44 bits per heavy atom. The maximum absolute atomic E-state index is 4.72. The van der Waals surface area contributed by atoms with Crippen LogP contribution in [0.1, 0.15) is 49.9 Å². The lowest BCUT2D eigenvalue weighted by Crippen LogP contribution is -2.45. The summed E-state index contributed by atoms with van der Waals surface area (Å²) in [6.45, 7) is 14.3. The molecule has 2 aromatic rings. The van der Waals surface area contributed by atoms with Crippen LogP contribution >= 0.6 is 0 Å². The first-order chi connectivity index (χ1) is 11.8. The molecular weight excluding hydrogens is 304 g/mol. The van der Waals surface area contributed by atoms with E-state index in [1.165, 1.54) is 33.5 Å². The average Bonchev–Trinajstić information content (AvgIpc) is 2.54. The largest absolute Gasteiger partial charge is 0.363 e. The molecule has 0 spiro atoms. The van der Waals surface area contributed by atoms with E-state index >= 15 is 0 Å². The number of allylic oxidation sites excluding steroid dienone is 1. The van der Waals surface area contributed by atoms with E-state index in [-0.39, 0.29) is 5.54 Å². The highest BCUT2D eigenvalue weighted by Gasteiger charge is 2.30. The normalized spacial score (nSPS) is 16.1. The Hall–Kier alpha value is -2.35. The van der Waals surface area contributed by atoms with Crippen LogP contribution in [0.15, 0.2) is 47.5 Å². The van der Waals surface area contributed by atoms with Gasteiger partial charge < -0.3 is 4.90 Å². The van der Waals surface area contributed by atoms with E-state index in [1.807, 2.05) is 18.3 Å². The summed E-state index contributed by atoms with van der Waals surface area (Å²) in [6.07, 6.45) is 4.37. The lowest BCUT2D eigenvalue weighted by atomic mass is 9.87. The molecule has 1 aliphatic heterocycles. The van der Waals surface area contributed by atoms with E-state index in [1.54, 1.807) is 0 Å². The van der Waals surface area contributed by atoms with Crippen molar-refractivity contribution in [2.45, 2.75) is 47.1 Å². The van der Waals surface area contributed by atoms with Crippen molar-refractivity contribution in [1.82, 2.24) is 0 Å². The molecule has 2 heteroatoms. The fourth-order valence-electron chi connectivity index (χ4n) is 3.81. The number of nitrogens with zero attached hydrogens (tertiary/aromatic N) is 2. The molecule has 1 aliphatic rings. The average molecular weight is 332 g/mol. The molecule has 0 atom stereocenters. The van der Waals surface area contributed by atoms with Crippen LogP contribution in [0, 0.1) is 13.8 Å². The number of para-hydroxylation sites is 1. The Kier molecular flexibility index (Phi) is 4.55. The predicted octanol–water partition coefficient (Wildman–Crippen LogP) is 6.08. The van der Waals surface area contributed by atoms with Gasteiger partial charge in [-0.15, -0.1) is 0 Å². The number of fused-ring (bicyclic) bond motifs is 1. The summed E-state index contributed by atoms with van der Waals surface area (Å²) >= 11 is 0. The first-order valence-corrected chi connectivity index (χ1v) is 9.05. The summed E-state index contributed by atoms with van der Waals surface area (Å²) in [5, 5.41) is 0. The zero-order chi connectivity index (χ0) is 18.2. The molecule has 25 heavy (non-hydrogen) atoms. The number of anilines is 1. The number of hydrogen-bond donors (Lipinski definition) is 0. The van der Waals surface area contributed by atoms with Gasteiger partial charge in [0.05, 0.1) is 11.2 Å². The monoisotopic (exact) mass is 332 g/mol. The zero-order valence-corrected chi connectivity index (χ0v) is 16.2. The lowest BCUT2D eigenvalue weighted by Gasteiger charge is -2.43. The first kappa shape index (κ1) is 17.5. The van der Waals surface area contributed by atoms with E-state index in [4.69, 9.17) is 4.99 Å². The third-order valence-electron chi connectivity index (χ3n) is 5.14. The van der Waals surface area contributed by atoms with Gasteiger partial charge in [0, 0.05) is 24.0 Å². The molecule has 130 valence electrons. The molecule has 0 aromatic heterocycles. The fraction of sp³-hybridized carbons (Fsp3) is 0.348. The molecule has 2 nitrogen and oxygen atoms in total. The lowest BCUT2D eigenvalue weighted by molar-refractivity contribution is 0.566. The van der Waals surface area contributed by atoms with E-state index in [0.29, 0.717) is 0 Å². The Labute approximate surface area is 151 Å². The number of rotatable bonds is 3. The van der Waals surface area contributed by atoms with Crippen molar-refractivity contribution < 1.29 is 0 Å². The Morgan fingerprint density at radius 2 is 1.76 bits per heavy atom. The van der Waals surface area contributed by atoms with Gasteiger partial charge in [0.2, 0.25) is 0 Å². The summed E-state index contributed by atoms with van der Waals surface area (Å²) in [7, 11) is 0. The van der Waals surface area contributed by atoms with Crippen molar-refractivity contribution in [3.05, 3.63) is 64.7 Å². The second-order valence-corrected chi connectivity index (χ2v) is 7.50. The number of aryl methyl sites for hydroxylation is 2. The molecule has 0 saturated carbocycles. The van der Waals surface area contributed by atoms with Crippen molar-refractivity contribution in [3.8, 4) is 0 Å². The highest BCUT2D eigenvalue weighted by Crippen LogP contribution is 2.39. The number of benzene rings is 2. The third-order valence-corrected chi connectivity index (χ3v) is 5.14. The molecule has 1 heterocycles. The number of hydrogen-bond acceptors (Lipinski definition) is 2. The fourth-order valence-corrected chi connectivity index (χ4v) is 3.81. The van der Waals surface area contributed by atoms with E-state index in [0.717, 1.165) is 12.2 Å². The van der Waals surface area contributed by atoms with E-state index < -0.39 is 0 Å². The molecule has 0 unspecified atom stereocenters. The van der Waals surface area contributed by atoms with Crippen LogP contribution in [-0.2, 0) is 0 Å². The van der Waals surface area contributed by atoms with Crippen LogP contribution in [0.3, 0.4) is 0 Å². The minimum atomic E-state index is 0.0506. The molecule has 0 radical (unpaired) electrons. The van der Waals surface area contributed by atoms with Crippen molar-refractivity contribution in [2.75, 3.05) is 11.4 Å². The smallest absolute Gasteiger partial charge is 0.0659 e. The quantitative estimate of drug-likeness (QED) is 0.622. The van der Waals surface area contributed by atoms with Crippen molar-refractivity contribution in [2.24, 2.45) is 4.99 Å². The van der Waals surface area contributed by atoms with Crippen LogP contribution in [0.25, 0.3) is 5.57 Å². The molecular formula is C23H28N2. The molecule has 3 rings (SSSR count). The Morgan fingerprint density at radius 1 is 1.04 bits per heavy atom. The number of likely N-dealkylation sites (N-methyl/N-ethyl adjacent to an activating group) is 1. The highest BCUT2D eigenvalue weighted by atomic mass is 15.2. The van der Waals surface area contributed by atoms with Gasteiger partial charge in [-0.1, -0.05) is 24.3 Å². The second kappa shape index (κ2) is 6.51. The standard InChI is InChI=1S/C23H28N2/c1-7-25-22-12-17(3)19(13-20(22)18(4)14-23(25,5)6)15-24-21-11-9-8-10-16(21)2/h8-15H,7H2,1-6H3. The van der Waals surface area contributed by atoms with Crippen molar-refractivity contribution >= 4 is 23.2 Å². The van der Waals surface area contributed by atoms with Crippen LogP contribution in [0.2, 0.25) is 0 Å². The number of aliphatic imine (C=N–C) groups is 1. The summed E-state index contributed by atoms with van der Waals surface area (Å²) in [5.41, 5.74) is 8.72. The van der Waals surface area contributed by atoms with Gasteiger partial charge in [-0.2, -0.15) is 0 Å². The van der Waals surface area contributed by atoms with E-state index in [9.17, 15) is 0 Å². The van der Waals surface area contributed by atoms with E-state index in [2.05, 4.69) is 76.8 Å².